The van der Waals surface area contributed by atoms with Gasteiger partial charge < -0.3 is 9.67 Å². The molecule has 1 aromatic carbocycles. The van der Waals surface area contributed by atoms with Crippen molar-refractivity contribution in [2.45, 2.75) is 25.3 Å². The highest BCUT2D eigenvalue weighted by molar-refractivity contribution is 5.87. The molecule has 6 nitrogen and oxygen atoms in total. The monoisotopic (exact) mass is 309 g/mol. The molecule has 23 heavy (non-hydrogen) atoms. The number of carboxylic acids is 1. The van der Waals surface area contributed by atoms with Gasteiger partial charge in [0.15, 0.2) is 0 Å². The molecule has 1 saturated carbocycles. The highest BCUT2D eigenvalue weighted by atomic mass is 16.4. The zero-order valence-electron chi connectivity index (χ0n) is 12.3. The van der Waals surface area contributed by atoms with Crippen molar-refractivity contribution < 1.29 is 9.90 Å². The molecule has 6 heteroatoms. The molecule has 2 heterocycles. The van der Waals surface area contributed by atoms with Crippen molar-refractivity contribution in [1.82, 2.24) is 14.2 Å². The van der Waals surface area contributed by atoms with Crippen LogP contribution in [0, 0.1) is 0 Å². The number of nitrogens with zero attached hydrogens (tertiary/aromatic N) is 3. The SMILES string of the molecule is O=C(O)c1cn(Cc2ccccc2)c2cc(C3CC3)nn2c1=O. The van der Waals surface area contributed by atoms with Gasteiger partial charge in [0, 0.05) is 24.7 Å². The second kappa shape index (κ2) is 5.08. The lowest BCUT2D eigenvalue weighted by atomic mass is 10.2. The third-order valence-electron chi connectivity index (χ3n) is 4.13. The number of aromatic carboxylic acids is 1. The van der Waals surface area contributed by atoms with Crippen LogP contribution in [0.3, 0.4) is 0 Å². The van der Waals surface area contributed by atoms with E-state index in [1.165, 1.54) is 10.7 Å². The molecule has 0 spiro atoms. The number of carboxylic acid groups (broad SMARTS) is 1. The second-order valence-electron chi connectivity index (χ2n) is 5.88. The first-order chi connectivity index (χ1) is 11.1. The summed E-state index contributed by atoms with van der Waals surface area (Å²) in [6.45, 7) is 0.487. The Morgan fingerprint density at radius 3 is 2.65 bits per heavy atom. The molecule has 2 aromatic heterocycles. The topological polar surface area (TPSA) is 76.6 Å². The van der Waals surface area contributed by atoms with E-state index in [4.69, 9.17) is 0 Å². The lowest BCUT2D eigenvalue weighted by molar-refractivity contribution is 0.0693. The van der Waals surface area contributed by atoms with Gasteiger partial charge in [0.05, 0.1) is 5.69 Å². The Hall–Kier alpha value is -2.89. The molecule has 0 aliphatic heterocycles. The lowest BCUT2D eigenvalue weighted by Gasteiger charge is -2.10. The molecule has 0 atom stereocenters. The first-order valence-corrected chi connectivity index (χ1v) is 7.54. The van der Waals surface area contributed by atoms with Crippen LogP contribution in [-0.2, 0) is 6.54 Å². The van der Waals surface area contributed by atoms with Crippen molar-refractivity contribution in [1.29, 1.82) is 0 Å². The largest absolute Gasteiger partial charge is 0.477 e. The van der Waals surface area contributed by atoms with Crippen molar-refractivity contribution in [3.05, 3.63) is 69.8 Å². The third-order valence-corrected chi connectivity index (χ3v) is 4.13. The number of fused-ring (bicyclic) bond motifs is 1. The van der Waals surface area contributed by atoms with Crippen LogP contribution in [0.25, 0.3) is 5.65 Å². The zero-order chi connectivity index (χ0) is 16.0. The van der Waals surface area contributed by atoms with Crippen LogP contribution >= 0.6 is 0 Å². The van der Waals surface area contributed by atoms with Crippen LogP contribution in [0.5, 0.6) is 0 Å². The summed E-state index contributed by atoms with van der Waals surface area (Å²) in [6.07, 6.45) is 3.55. The Morgan fingerprint density at radius 1 is 1.26 bits per heavy atom. The molecule has 0 bridgehead atoms. The molecule has 1 N–H and O–H groups in total. The minimum atomic E-state index is -1.23. The number of rotatable bonds is 4. The maximum atomic E-state index is 12.3. The van der Waals surface area contributed by atoms with E-state index in [0.29, 0.717) is 18.1 Å². The Balaban J connectivity index is 1.91. The predicted octanol–water partition coefficient (Wildman–Crippen LogP) is 2.12. The molecule has 1 aliphatic rings. The Morgan fingerprint density at radius 2 is 2.00 bits per heavy atom. The molecule has 0 amide bonds. The lowest BCUT2D eigenvalue weighted by Crippen LogP contribution is -2.26. The first-order valence-electron chi connectivity index (χ1n) is 7.54. The van der Waals surface area contributed by atoms with Gasteiger partial charge in [-0.05, 0) is 18.4 Å². The van der Waals surface area contributed by atoms with Gasteiger partial charge in [-0.25, -0.2) is 4.79 Å². The first kappa shape index (κ1) is 13.8. The summed E-state index contributed by atoms with van der Waals surface area (Å²) in [7, 11) is 0. The van der Waals surface area contributed by atoms with Crippen molar-refractivity contribution in [3.63, 3.8) is 0 Å². The van der Waals surface area contributed by atoms with Gasteiger partial charge in [-0.2, -0.15) is 9.61 Å². The molecule has 116 valence electrons. The van der Waals surface area contributed by atoms with Crippen LogP contribution < -0.4 is 5.56 Å². The number of hydrogen-bond donors (Lipinski definition) is 1. The van der Waals surface area contributed by atoms with Crippen LogP contribution in [0.4, 0.5) is 0 Å². The average Bonchev–Trinajstić information content (AvgIpc) is 3.29. The van der Waals surface area contributed by atoms with Crippen LogP contribution in [-0.4, -0.2) is 25.3 Å². The molecular weight excluding hydrogens is 294 g/mol. The molecular formula is C17H15N3O3. The summed E-state index contributed by atoms with van der Waals surface area (Å²) in [4.78, 5) is 23.7. The Labute approximate surface area is 131 Å². The zero-order valence-corrected chi connectivity index (χ0v) is 12.3. The summed E-state index contributed by atoms with van der Waals surface area (Å²) in [5, 5.41) is 13.6. The Bertz CT molecular complexity index is 952. The van der Waals surface area contributed by atoms with E-state index in [1.807, 2.05) is 36.4 Å². The van der Waals surface area contributed by atoms with Gasteiger partial charge in [-0.15, -0.1) is 0 Å². The maximum absolute atomic E-state index is 12.3. The molecule has 3 aromatic rings. The fraction of sp³-hybridized carbons (Fsp3) is 0.235. The van der Waals surface area contributed by atoms with E-state index >= 15 is 0 Å². The minimum absolute atomic E-state index is 0.265. The highest BCUT2D eigenvalue weighted by Gasteiger charge is 2.28. The fourth-order valence-electron chi connectivity index (χ4n) is 2.77. The maximum Gasteiger partial charge on any atom is 0.342 e. The van der Waals surface area contributed by atoms with Gasteiger partial charge in [0.2, 0.25) is 0 Å². The molecule has 1 aliphatic carbocycles. The summed E-state index contributed by atoms with van der Waals surface area (Å²) >= 11 is 0. The molecule has 0 saturated heterocycles. The smallest absolute Gasteiger partial charge is 0.342 e. The standard InChI is InChI=1S/C17H15N3O3/c21-16-13(17(22)23)10-19(9-11-4-2-1-3-5-11)15-8-14(12-6-7-12)18-20(15)16/h1-5,8,10,12H,6-7,9H2,(H,22,23). The summed E-state index contributed by atoms with van der Waals surface area (Å²) < 4.78 is 3.00. The predicted molar refractivity (Wildman–Crippen MR) is 83.9 cm³/mol. The normalized spacial score (nSPS) is 14.3. The second-order valence-corrected chi connectivity index (χ2v) is 5.88. The molecule has 0 unspecified atom stereocenters. The van der Waals surface area contributed by atoms with E-state index in [2.05, 4.69) is 5.10 Å². The Kier molecular flexibility index (Phi) is 3.04. The van der Waals surface area contributed by atoms with Crippen LogP contribution in [0.15, 0.2) is 47.4 Å². The molecule has 4 rings (SSSR count). The van der Waals surface area contributed by atoms with Crippen molar-refractivity contribution in [2.24, 2.45) is 0 Å². The van der Waals surface area contributed by atoms with Crippen LogP contribution in [0.2, 0.25) is 0 Å². The quantitative estimate of drug-likeness (QED) is 0.801. The van der Waals surface area contributed by atoms with Gasteiger partial charge in [-0.3, -0.25) is 4.79 Å². The van der Waals surface area contributed by atoms with E-state index in [-0.39, 0.29) is 5.56 Å². The van der Waals surface area contributed by atoms with Gasteiger partial charge >= 0.3 is 5.97 Å². The molecule has 1 fully saturated rings. The van der Waals surface area contributed by atoms with Crippen molar-refractivity contribution in [3.8, 4) is 0 Å². The van der Waals surface area contributed by atoms with E-state index in [0.717, 1.165) is 24.1 Å². The summed E-state index contributed by atoms with van der Waals surface area (Å²) in [6, 6.07) is 11.6. The number of hydrogen-bond acceptors (Lipinski definition) is 3. The van der Waals surface area contributed by atoms with Gasteiger partial charge in [0.1, 0.15) is 11.2 Å². The van der Waals surface area contributed by atoms with Gasteiger partial charge in [-0.1, -0.05) is 30.3 Å². The van der Waals surface area contributed by atoms with Crippen molar-refractivity contribution >= 4 is 11.6 Å². The minimum Gasteiger partial charge on any atom is -0.477 e. The summed E-state index contributed by atoms with van der Waals surface area (Å²) in [5.74, 6) is -0.838. The van der Waals surface area contributed by atoms with Crippen molar-refractivity contribution in [2.75, 3.05) is 0 Å². The number of aromatic nitrogens is 3. The van der Waals surface area contributed by atoms with E-state index in [9.17, 15) is 14.7 Å². The van der Waals surface area contributed by atoms with Gasteiger partial charge in [0.25, 0.3) is 5.56 Å². The van der Waals surface area contributed by atoms with E-state index in [1.54, 1.807) is 4.57 Å². The molecule has 0 radical (unpaired) electrons. The average molecular weight is 309 g/mol. The van der Waals surface area contributed by atoms with Crippen LogP contribution in [0.1, 0.15) is 40.4 Å². The fourth-order valence-corrected chi connectivity index (χ4v) is 2.77. The number of carbonyl (C=O) groups is 1. The van der Waals surface area contributed by atoms with E-state index < -0.39 is 11.5 Å². The third kappa shape index (κ3) is 2.42. The highest BCUT2D eigenvalue weighted by Crippen LogP contribution is 2.39. The summed E-state index contributed by atoms with van der Waals surface area (Å²) in [5.41, 5.74) is 1.68. The number of benzene rings is 1.